The van der Waals surface area contributed by atoms with Crippen LogP contribution < -0.4 is 10.0 Å². The topological polar surface area (TPSA) is 88.2 Å². The number of sulfonamides is 1. The number of amides is 1. The molecule has 0 spiro atoms. The summed E-state index contributed by atoms with van der Waals surface area (Å²) in [4.78, 5) is 17.7. The SMILES string of the molecule is Cc1ccc(S(=O)(=O)Nc2nc3ccc(NC(=O)Cc4cccs4)cc3s2)cc1. The van der Waals surface area contributed by atoms with Gasteiger partial charge in [-0.1, -0.05) is 35.1 Å². The van der Waals surface area contributed by atoms with Crippen molar-refractivity contribution in [2.75, 3.05) is 10.0 Å². The minimum Gasteiger partial charge on any atom is -0.326 e. The van der Waals surface area contributed by atoms with Crippen molar-refractivity contribution in [2.45, 2.75) is 18.2 Å². The number of rotatable bonds is 6. The third kappa shape index (κ3) is 4.64. The molecule has 0 unspecified atom stereocenters. The molecule has 4 aromatic rings. The Hall–Kier alpha value is -2.75. The summed E-state index contributed by atoms with van der Waals surface area (Å²) in [5, 5.41) is 5.08. The Morgan fingerprint density at radius 2 is 1.90 bits per heavy atom. The number of hydrogen-bond donors (Lipinski definition) is 2. The molecule has 9 heteroatoms. The molecule has 0 saturated heterocycles. The lowest BCUT2D eigenvalue weighted by Gasteiger charge is -2.04. The van der Waals surface area contributed by atoms with Crippen LogP contribution >= 0.6 is 22.7 Å². The molecular formula is C20H17N3O3S3. The lowest BCUT2D eigenvalue weighted by atomic mass is 10.2. The number of hydrogen-bond acceptors (Lipinski definition) is 6. The van der Waals surface area contributed by atoms with E-state index in [-0.39, 0.29) is 15.9 Å². The van der Waals surface area contributed by atoms with Crippen molar-refractivity contribution < 1.29 is 13.2 Å². The zero-order valence-corrected chi connectivity index (χ0v) is 17.8. The van der Waals surface area contributed by atoms with Crippen LogP contribution in [0, 0.1) is 6.92 Å². The number of aryl methyl sites for hydroxylation is 1. The molecule has 0 saturated carbocycles. The molecule has 0 aliphatic rings. The highest BCUT2D eigenvalue weighted by molar-refractivity contribution is 7.93. The lowest BCUT2D eigenvalue weighted by Crippen LogP contribution is -2.13. The summed E-state index contributed by atoms with van der Waals surface area (Å²) < 4.78 is 28.4. The Morgan fingerprint density at radius 1 is 1.10 bits per heavy atom. The highest BCUT2D eigenvalue weighted by Crippen LogP contribution is 2.30. The highest BCUT2D eigenvalue weighted by atomic mass is 32.2. The fourth-order valence-electron chi connectivity index (χ4n) is 2.71. The average molecular weight is 444 g/mol. The quantitative estimate of drug-likeness (QED) is 0.454. The molecule has 2 aromatic heterocycles. The standard InChI is InChI=1S/C20H17N3O3S3/c1-13-4-7-16(8-5-13)29(25,26)23-20-22-17-9-6-14(11-18(17)28-20)21-19(24)12-15-3-2-10-27-15/h2-11H,12H2,1H3,(H,21,24)(H,22,23). The molecule has 2 heterocycles. The molecule has 0 atom stereocenters. The van der Waals surface area contributed by atoms with E-state index in [1.54, 1.807) is 42.5 Å². The Morgan fingerprint density at radius 3 is 2.62 bits per heavy atom. The maximum absolute atomic E-state index is 12.6. The van der Waals surface area contributed by atoms with Gasteiger partial charge in [0.1, 0.15) is 0 Å². The fourth-order valence-corrected chi connectivity index (χ4v) is 5.56. The van der Waals surface area contributed by atoms with Gasteiger partial charge in [0, 0.05) is 10.6 Å². The molecule has 0 aliphatic heterocycles. The van der Waals surface area contributed by atoms with Crippen LogP contribution in [-0.2, 0) is 21.2 Å². The van der Waals surface area contributed by atoms with E-state index in [9.17, 15) is 13.2 Å². The van der Waals surface area contributed by atoms with E-state index >= 15 is 0 Å². The van der Waals surface area contributed by atoms with Crippen LogP contribution in [0.5, 0.6) is 0 Å². The summed E-state index contributed by atoms with van der Waals surface area (Å²) >= 11 is 2.76. The average Bonchev–Trinajstić information content (AvgIpc) is 3.30. The summed E-state index contributed by atoms with van der Waals surface area (Å²) in [7, 11) is -3.71. The zero-order valence-electron chi connectivity index (χ0n) is 15.4. The van der Waals surface area contributed by atoms with Crippen molar-refractivity contribution in [1.82, 2.24) is 4.98 Å². The van der Waals surface area contributed by atoms with E-state index in [0.29, 0.717) is 17.6 Å². The maximum atomic E-state index is 12.6. The molecule has 0 fully saturated rings. The van der Waals surface area contributed by atoms with Gasteiger partial charge in [0.2, 0.25) is 5.91 Å². The highest BCUT2D eigenvalue weighted by Gasteiger charge is 2.16. The van der Waals surface area contributed by atoms with Crippen molar-refractivity contribution in [3.8, 4) is 0 Å². The van der Waals surface area contributed by atoms with Crippen LogP contribution in [0.2, 0.25) is 0 Å². The number of anilines is 2. The second kappa shape index (κ2) is 7.94. The van der Waals surface area contributed by atoms with Gasteiger partial charge in [0.15, 0.2) is 5.13 Å². The van der Waals surface area contributed by atoms with E-state index in [1.807, 2.05) is 24.4 Å². The summed E-state index contributed by atoms with van der Waals surface area (Å²) in [5.74, 6) is -0.100. The predicted molar refractivity (Wildman–Crippen MR) is 118 cm³/mol. The van der Waals surface area contributed by atoms with Gasteiger partial charge in [-0.25, -0.2) is 13.4 Å². The molecule has 0 radical (unpaired) electrons. The molecular weight excluding hydrogens is 426 g/mol. The first-order valence-electron chi connectivity index (χ1n) is 8.71. The number of carbonyl (C=O) groups is 1. The van der Waals surface area contributed by atoms with Crippen LogP contribution in [-0.4, -0.2) is 19.3 Å². The number of benzene rings is 2. The molecule has 4 rings (SSSR count). The number of nitrogens with zero attached hydrogens (tertiary/aromatic N) is 1. The van der Waals surface area contributed by atoms with Crippen LogP contribution in [0.3, 0.4) is 0 Å². The Bertz CT molecular complexity index is 1260. The smallest absolute Gasteiger partial charge is 0.263 e. The van der Waals surface area contributed by atoms with Gasteiger partial charge < -0.3 is 5.32 Å². The third-order valence-corrected chi connectivity index (χ3v) is 7.43. The first kappa shape index (κ1) is 19.6. The zero-order chi connectivity index (χ0) is 20.4. The van der Waals surface area contributed by atoms with E-state index in [2.05, 4.69) is 15.0 Å². The molecule has 0 aliphatic carbocycles. The molecule has 148 valence electrons. The van der Waals surface area contributed by atoms with Crippen molar-refractivity contribution >= 4 is 59.6 Å². The fraction of sp³-hybridized carbons (Fsp3) is 0.100. The number of aromatic nitrogens is 1. The van der Waals surface area contributed by atoms with Crippen molar-refractivity contribution in [2.24, 2.45) is 0 Å². The second-order valence-electron chi connectivity index (χ2n) is 6.42. The molecule has 2 N–H and O–H groups in total. The third-order valence-electron chi connectivity index (χ3n) is 4.14. The van der Waals surface area contributed by atoms with Crippen molar-refractivity contribution in [1.29, 1.82) is 0 Å². The van der Waals surface area contributed by atoms with Gasteiger partial charge in [-0.05, 0) is 48.7 Å². The van der Waals surface area contributed by atoms with Crippen LogP contribution in [0.25, 0.3) is 10.2 Å². The van der Waals surface area contributed by atoms with E-state index in [0.717, 1.165) is 15.1 Å². The number of carbonyl (C=O) groups excluding carboxylic acids is 1. The lowest BCUT2D eigenvalue weighted by molar-refractivity contribution is -0.115. The Labute approximate surface area is 176 Å². The minimum atomic E-state index is -3.71. The molecule has 0 bridgehead atoms. The summed E-state index contributed by atoms with van der Waals surface area (Å²) in [5.41, 5.74) is 2.29. The van der Waals surface area contributed by atoms with E-state index in [4.69, 9.17) is 0 Å². The summed E-state index contributed by atoms with van der Waals surface area (Å²) in [6, 6.07) is 15.8. The number of thiophene rings is 1. The van der Waals surface area contributed by atoms with Crippen LogP contribution in [0.4, 0.5) is 10.8 Å². The number of fused-ring (bicyclic) bond motifs is 1. The summed E-state index contributed by atoms with van der Waals surface area (Å²) in [6.07, 6.45) is 0.319. The van der Waals surface area contributed by atoms with Gasteiger partial charge in [-0.2, -0.15) is 0 Å². The summed E-state index contributed by atoms with van der Waals surface area (Å²) in [6.45, 7) is 1.90. The van der Waals surface area contributed by atoms with Gasteiger partial charge in [0.05, 0.1) is 21.5 Å². The maximum Gasteiger partial charge on any atom is 0.263 e. The van der Waals surface area contributed by atoms with Crippen molar-refractivity contribution in [3.05, 3.63) is 70.4 Å². The van der Waals surface area contributed by atoms with Gasteiger partial charge in [-0.15, -0.1) is 11.3 Å². The Balaban J connectivity index is 1.50. The first-order chi connectivity index (χ1) is 13.9. The van der Waals surface area contributed by atoms with Crippen LogP contribution in [0.15, 0.2) is 64.9 Å². The van der Waals surface area contributed by atoms with Gasteiger partial charge in [0.25, 0.3) is 10.0 Å². The molecule has 29 heavy (non-hydrogen) atoms. The second-order valence-corrected chi connectivity index (χ2v) is 10.2. The molecule has 2 aromatic carbocycles. The van der Waals surface area contributed by atoms with Crippen molar-refractivity contribution in [3.63, 3.8) is 0 Å². The number of nitrogens with one attached hydrogen (secondary N) is 2. The van der Waals surface area contributed by atoms with Gasteiger partial charge in [-0.3, -0.25) is 9.52 Å². The van der Waals surface area contributed by atoms with E-state index in [1.165, 1.54) is 22.7 Å². The first-order valence-corrected chi connectivity index (χ1v) is 11.9. The normalized spacial score (nSPS) is 11.5. The minimum absolute atomic E-state index is 0.100. The Kier molecular flexibility index (Phi) is 5.35. The van der Waals surface area contributed by atoms with Gasteiger partial charge >= 0.3 is 0 Å². The largest absolute Gasteiger partial charge is 0.326 e. The molecule has 1 amide bonds. The van der Waals surface area contributed by atoms with E-state index < -0.39 is 10.0 Å². The molecule has 6 nitrogen and oxygen atoms in total. The van der Waals surface area contributed by atoms with Crippen LogP contribution in [0.1, 0.15) is 10.4 Å². The monoisotopic (exact) mass is 443 g/mol. The number of thiazole rings is 1. The predicted octanol–water partition coefficient (Wildman–Crippen LogP) is 4.65.